The van der Waals surface area contributed by atoms with Gasteiger partial charge in [0.05, 0.1) is 12.1 Å². The molecule has 0 fully saturated rings. The van der Waals surface area contributed by atoms with Gasteiger partial charge in [-0.1, -0.05) is 30.3 Å². The molecule has 1 aromatic heterocycles. The molecule has 3 aromatic rings. The smallest absolute Gasteiger partial charge is 0.224 e. The molecule has 1 N–H and O–H groups in total. The fourth-order valence-electron chi connectivity index (χ4n) is 3.05. The lowest BCUT2D eigenvalue weighted by Gasteiger charge is -2.20. The highest BCUT2D eigenvalue weighted by Crippen LogP contribution is 2.42. The van der Waals surface area contributed by atoms with E-state index in [1.165, 1.54) is 18.3 Å². The first kappa shape index (κ1) is 18.9. The van der Waals surface area contributed by atoms with Crippen molar-refractivity contribution < 1.29 is 9.90 Å². The van der Waals surface area contributed by atoms with E-state index in [4.69, 9.17) is 0 Å². The fraction of sp³-hybridized carbons (Fsp3) is 0.238. The summed E-state index contributed by atoms with van der Waals surface area (Å²) in [5, 5.41) is 21.5. The van der Waals surface area contributed by atoms with Crippen LogP contribution < -0.4 is 4.90 Å². The number of phenolic OH excluding ortho intramolecular Hbond substituents is 1. The standard InChI is InChI=1S/C21H21N3O2S/c1-14(25)24(12-15-7-5-4-6-8-15)21-17(11-22)16-9-10-19(26)18(13-23(2)3)20(16)27-21/h4-10,26H,12-13H2,1-3H3. The van der Waals surface area contributed by atoms with E-state index >= 15 is 0 Å². The number of hydrogen-bond acceptors (Lipinski definition) is 5. The Morgan fingerprint density at radius 3 is 2.44 bits per heavy atom. The summed E-state index contributed by atoms with van der Waals surface area (Å²) in [5.74, 6) is 0.0752. The van der Waals surface area contributed by atoms with Crippen molar-refractivity contribution >= 4 is 32.3 Å². The van der Waals surface area contributed by atoms with Gasteiger partial charge in [0.25, 0.3) is 0 Å². The van der Waals surface area contributed by atoms with E-state index in [9.17, 15) is 15.2 Å². The van der Waals surface area contributed by atoms with Gasteiger partial charge in [0.1, 0.15) is 16.8 Å². The number of phenols is 1. The van der Waals surface area contributed by atoms with Crippen LogP contribution in [0.25, 0.3) is 10.1 Å². The largest absolute Gasteiger partial charge is 0.508 e. The highest BCUT2D eigenvalue weighted by atomic mass is 32.1. The van der Waals surface area contributed by atoms with E-state index in [1.807, 2.05) is 49.3 Å². The number of amides is 1. The van der Waals surface area contributed by atoms with Crippen molar-refractivity contribution in [3.05, 3.63) is 59.2 Å². The van der Waals surface area contributed by atoms with Crippen LogP contribution in [-0.2, 0) is 17.9 Å². The Morgan fingerprint density at radius 2 is 1.85 bits per heavy atom. The highest BCUT2D eigenvalue weighted by Gasteiger charge is 2.23. The Morgan fingerprint density at radius 1 is 1.15 bits per heavy atom. The van der Waals surface area contributed by atoms with Crippen molar-refractivity contribution in [2.24, 2.45) is 0 Å². The van der Waals surface area contributed by atoms with E-state index in [2.05, 4.69) is 6.07 Å². The molecule has 27 heavy (non-hydrogen) atoms. The Kier molecular flexibility index (Phi) is 5.45. The third-order valence-electron chi connectivity index (χ3n) is 4.31. The molecule has 1 heterocycles. The summed E-state index contributed by atoms with van der Waals surface area (Å²) >= 11 is 1.38. The molecular formula is C21H21N3O2S. The number of thiophene rings is 1. The van der Waals surface area contributed by atoms with Gasteiger partial charge in [-0.05, 0) is 31.8 Å². The van der Waals surface area contributed by atoms with Crippen molar-refractivity contribution in [1.29, 1.82) is 5.26 Å². The summed E-state index contributed by atoms with van der Waals surface area (Å²) in [4.78, 5) is 16.0. The van der Waals surface area contributed by atoms with Gasteiger partial charge in [-0.2, -0.15) is 5.26 Å². The van der Waals surface area contributed by atoms with Crippen LogP contribution in [0.5, 0.6) is 5.75 Å². The van der Waals surface area contributed by atoms with Crippen LogP contribution in [0.2, 0.25) is 0 Å². The lowest BCUT2D eigenvalue weighted by molar-refractivity contribution is -0.116. The van der Waals surface area contributed by atoms with Gasteiger partial charge in [0.15, 0.2) is 0 Å². The van der Waals surface area contributed by atoms with Crippen LogP contribution in [0.15, 0.2) is 42.5 Å². The Balaban J connectivity index is 2.17. The van der Waals surface area contributed by atoms with Crippen molar-refractivity contribution in [3.63, 3.8) is 0 Å². The predicted molar refractivity (Wildman–Crippen MR) is 109 cm³/mol. The van der Waals surface area contributed by atoms with Crippen molar-refractivity contribution in [1.82, 2.24) is 4.90 Å². The predicted octanol–water partition coefficient (Wildman–Crippen LogP) is 4.09. The summed E-state index contributed by atoms with van der Waals surface area (Å²) in [6.07, 6.45) is 0. The SMILES string of the molecule is CC(=O)N(Cc1ccccc1)c1sc2c(CN(C)C)c(O)ccc2c1C#N. The molecule has 5 nitrogen and oxygen atoms in total. The summed E-state index contributed by atoms with van der Waals surface area (Å²) in [5.41, 5.74) is 2.24. The second-order valence-corrected chi connectivity index (χ2v) is 7.66. The maximum atomic E-state index is 12.4. The molecular weight excluding hydrogens is 358 g/mol. The molecule has 6 heteroatoms. The van der Waals surface area contributed by atoms with Crippen LogP contribution in [-0.4, -0.2) is 30.0 Å². The highest BCUT2D eigenvalue weighted by molar-refractivity contribution is 7.23. The number of fused-ring (bicyclic) bond motifs is 1. The number of benzene rings is 2. The van der Waals surface area contributed by atoms with Gasteiger partial charge >= 0.3 is 0 Å². The average Bonchev–Trinajstić information content (AvgIpc) is 3.01. The molecule has 0 atom stereocenters. The minimum Gasteiger partial charge on any atom is -0.508 e. The Bertz CT molecular complexity index is 1020. The first-order valence-corrected chi connectivity index (χ1v) is 9.38. The van der Waals surface area contributed by atoms with E-state index in [0.717, 1.165) is 21.2 Å². The second-order valence-electron chi connectivity index (χ2n) is 6.66. The molecule has 3 rings (SSSR count). The van der Waals surface area contributed by atoms with Gasteiger partial charge in [0.2, 0.25) is 5.91 Å². The van der Waals surface area contributed by atoms with Crippen LogP contribution in [0.3, 0.4) is 0 Å². The van der Waals surface area contributed by atoms with Gasteiger partial charge < -0.3 is 10.0 Å². The maximum absolute atomic E-state index is 12.4. The summed E-state index contributed by atoms with van der Waals surface area (Å²) < 4.78 is 0.842. The number of aromatic hydroxyl groups is 1. The number of nitriles is 1. The molecule has 0 aliphatic heterocycles. The first-order chi connectivity index (χ1) is 12.9. The molecule has 0 spiro atoms. The molecule has 0 bridgehead atoms. The molecule has 2 aromatic carbocycles. The van der Waals surface area contributed by atoms with E-state index in [1.54, 1.807) is 17.0 Å². The fourth-order valence-corrected chi connectivity index (χ4v) is 4.38. The number of carbonyl (C=O) groups is 1. The lowest BCUT2D eigenvalue weighted by atomic mass is 10.1. The zero-order valence-corrected chi connectivity index (χ0v) is 16.4. The number of rotatable bonds is 5. The molecule has 0 aliphatic rings. The van der Waals surface area contributed by atoms with Crippen LogP contribution >= 0.6 is 11.3 Å². The molecule has 0 aliphatic carbocycles. The second kappa shape index (κ2) is 7.78. The molecule has 0 radical (unpaired) electrons. The molecule has 0 unspecified atom stereocenters. The first-order valence-electron chi connectivity index (χ1n) is 8.56. The van der Waals surface area contributed by atoms with E-state index in [0.29, 0.717) is 23.7 Å². The monoisotopic (exact) mass is 379 g/mol. The normalized spacial score (nSPS) is 10.9. The summed E-state index contributed by atoms with van der Waals surface area (Å²) in [6, 6.07) is 15.3. The van der Waals surface area contributed by atoms with Crippen molar-refractivity contribution in [3.8, 4) is 11.8 Å². The van der Waals surface area contributed by atoms with Gasteiger partial charge in [0, 0.05) is 29.1 Å². The molecule has 0 saturated carbocycles. The van der Waals surface area contributed by atoms with Gasteiger partial charge in [-0.25, -0.2) is 0 Å². The minimum absolute atomic E-state index is 0.125. The van der Waals surface area contributed by atoms with Crippen LogP contribution in [0.4, 0.5) is 5.00 Å². The zero-order chi connectivity index (χ0) is 19.6. The quantitative estimate of drug-likeness (QED) is 0.725. The van der Waals surface area contributed by atoms with Crippen molar-refractivity contribution in [2.45, 2.75) is 20.0 Å². The van der Waals surface area contributed by atoms with Crippen LogP contribution in [0.1, 0.15) is 23.6 Å². The van der Waals surface area contributed by atoms with Gasteiger partial charge in [-0.3, -0.25) is 9.69 Å². The number of anilines is 1. The summed E-state index contributed by atoms with van der Waals surface area (Å²) in [6.45, 7) is 2.45. The molecule has 138 valence electrons. The molecule has 1 amide bonds. The maximum Gasteiger partial charge on any atom is 0.224 e. The summed E-state index contributed by atoms with van der Waals surface area (Å²) in [7, 11) is 3.85. The molecule has 0 saturated heterocycles. The topological polar surface area (TPSA) is 67.6 Å². The van der Waals surface area contributed by atoms with E-state index in [-0.39, 0.29) is 11.7 Å². The Labute approximate surface area is 162 Å². The number of hydrogen-bond donors (Lipinski definition) is 1. The number of carbonyl (C=O) groups excluding carboxylic acids is 1. The van der Waals surface area contributed by atoms with E-state index < -0.39 is 0 Å². The zero-order valence-electron chi connectivity index (χ0n) is 15.6. The number of nitrogens with zero attached hydrogens (tertiary/aromatic N) is 3. The Hall–Kier alpha value is -2.88. The lowest BCUT2D eigenvalue weighted by Crippen LogP contribution is -2.27. The van der Waals surface area contributed by atoms with Gasteiger partial charge in [-0.15, -0.1) is 11.3 Å². The average molecular weight is 379 g/mol. The van der Waals surface area contributed by atoms with Crippen LogP contribution in [0, 0.1) is 11.3 Å². The minimum atomic E-state index is -0.125. The third kappa shape index (κ3) is 3.80. The van der Waals surface area contributed by atoms with Crippen molar-refractivity contribution in [2.75, 3.05) is 19.0 Å². The third-order valence-corrected chi connectivity index (χ3v) is 5.60.